The van der Waals surface area contributed by atoms with Gasteiger partial charge in [-0.1, -0.05) is 0 Å². The summed E-state index contributed by atoms with van der Waals surface area (Å²) in [7, 11) is 1.82. The molecule has 0 atom stereocenters. The second-order valence-corrected chi connectivity index (χ2v) is 6.90. The predicted molar refractivity (Wildman–Crippen MR) is 101 cm³/mol. The van der Waals surface area contributed by atoms with Crippen molar-refractivity contribution in [1.82, 2.24) is 29.5 Å². The molecular weight excluding hydrogens is 352 g/mol. The first-order chi connectivity index (χ1) is 12.6. The van der Waals surface area contributed by atoms with Gasteiger partial charge in [-0.05, 0) is 18.3 Å². The Hall–Kier alpha value is -3.27. The average molecular weight is 368 g/mol. The minimum Gasteiger partial charge on any atom is -0.405 e. The SMILES string of the molecule is Cn1c2nc(CC(=N)/C=C\N)sc2c2cnn(Cc3cc[nH]n3)c(=O)c21. The fourth-order valence-corrected chi connectivity index (χ4v) is 4.02. The third kappa shape index (κ3) is 2.60. The lowest BCUT2D eigenvalue weighted by atomic mass is 10.3. The molecule has 0 aliphatic heterocycles. The molecule has 10 heteroatoms. The average Bonchev–Trinajstić information content (AvgIpc) is 3.30. The largest absolute Gasteiger partial charge is 0.405 e. The second kappa shape index (κ2) is 6.23. The highest BCUT2D eigenvalue weighted by Crippen LogP contribution is 2.31. The summed E-state index contributed by atoms with van der Waals surface area (Å²) in [5.74, 6) is 0. The molecule has 132 valence electrons. The van der Waals surface area contributed by atoms with Crippen LogP contribution < -0.4 is 11.3 Å². The molecule has 26 heavy (non-hydrogen) atoms. The third-order valence-corrected chi connectivity index (χ3v) is 5.16. The van der Waals surface area contributed by atoms with Crippen LogP contribution in [0.25, 0.3) is 21.3 Å². The molecule has 9 nitrogen and oxygen atoms in total. The molecular formula is C16H16N8OS. The zero-order valence-corrected chi connectivity index (χ0v) is 14.7. The highest BCUT2D eigenvalue weighted by molar-refractivity contribution is 7.19. The van der Waals surface area contributed by atoms with Gasteiger partial charge in [-0.2, -0.15) is 10.2 Å². The summed E-state index contributed by atoms with van der Waals surface area (Å²) in [6.45, 7) is 0.304. The van der Waals surface area contributed by atoms with Gasteiger partial charge in [0.25, 0.3) is 5.56 Å². The summed E-state index contributed by atoms with van der Waals surface area (Å²) in [4.78, 5) is 17.4. The number of fused-ring (bicyclic) bond motifs is 3. The normalized spacial score (nSPS) is 11.9. The van der Waals surface area contributed by atoms with E-state index in [1.807, 2.05) is 7.05 Å². The molecule has 0 aromatic carbocycles. The van der Waals surface area contributed by atoms with E-state index in [1.54, 1.807) is 29.1 Å². The van der Waals surface area contributed by atoms with Gasteiger partial charge in [0.05, 0.1) is 23.1 Å². The lowest BCUT2D eigenvalue weighted by Gasteiger charge is -2.03. The summed E-state index contributed by atoms with van der Waals surface area (Å²) < 4.78 is 4.08. The van der Waals surface area contributed by atoms with Crippen LogP contribution in [0.1, 0.15) is 10.7 Å². The summed E-state index contributed by atoms with van der Waals surface area (Å²) in [5, 5.41) is 20.5. The number of aromatic amines is 1. The van der Waals surface area contributed by atoms with Crippen molar-refractivity contribution in [3.8, 4) is 0 Å². The quantitative estimate of drug-likeness (QED) is 0.455. The minimum absolute atomic E-state index is 0.182. The van der Waals surface area contributed by atoms with E-state index in [2.05, 4.69) is 20.3 Å². The zero-order chi connectivity index (χ0) is 18.3. The van der Waals surface area contributed by atoms with Crippen molar-refractivity contribution in [3.63, 3.8) is 0 Å². The molecule has 0 unspecified atom stereocenters. The number of aromatic nitrogens is 6. The monoisotopic (exact) mass is 368 g/mol. The highest BCUT2D eigenvalue weighted by atomic mass is 32.1. The number of nitrogens with zero attached hydrogens (tertiary/aromatic N) is 5. The maximum absolute atomic E-state index is 12.9. The highest BCUT2D eigenvalue weighted by Gasteiger charge is 2.18. The third-order valence-electron chi connectivity index (χ3n) is 4.08. The molecule has 4 rings (SSSR count). The predicted octanol–water partition coefficient (Wildman–Crippen LogP) is 1.15. The van der Waals surface area contributed by atoms with Crippen LogP contribution in [0.3, 0.4) is 0 Å². The van der Waals surface area contributed by atoms with Gasteiger partial charge in [0.15, 0.2) is 5.65 Å². The number of rotatable bonds is 5. The van der Waals surface area contributed by atoms with E-state index in [9.17, 15) is 4.79 Å². The van der Waals surface area contributed by atoms with E-state index in [4.69, 9.17) is 11.1 Å². The Labute approximate surface area is 151 Å². The fraction of sp³-hybridized carbons (Fsp3) is 0.188. The summed E-state index contributed by atoms with van der Waals surface area (Å²) in [5.41, 5.74) is 7.55. The van der Waals surface area contributed by atoms with Gasteiger partial charge in [-0.25, -0.2) is 9.67 Å². The van der Waals surface area contributed by atoms with Gasteiger partial charge in [0.2, 0.25) is 0 Å². The number of nitrogens with two attached hydrogens (primary N) is 1. The number of thiazole rings is 1. The molecule has 0 fully saturated rings. The molecule has 0 amide bonds. The molecule has 4 aromatic heterocycles. The summed E-state index contributed by atoms with van der Waals surface area (Å²) in [6.07, 6.45) is 6.69. The number of allylic oxidation sites excluding steroid dienone is 1. The van der Waals surface area contributed by atoms with Crippen LogP contribution in [0.5, 0.6) is 0 Å². The Balaban J connectivity index is 1.80. The Morgan fingerprint density at radius 2 is 2.35 bits per heavy atom. The van der Waals surface area contributed by atoms with Gasteiger partial charge >= 0.3 is 0 Å². The van der Waals surface area contributed by atoms with Crippen molar-refractivity contribution in [1.29, 1.82) is 5.41 Å². The first kappa shape index (κ1) is 16.2. The number of hydrogen-bond donors (Lipinski definition) is 3. The van der Waals surface area contributed by atoms with Crippen molar-refractivity contribution < 1.29 is 0 Å². The van der Waals surface area contributed by atoms with Crippen molar-refractivity contribution in [2.24, 2.45) is 12.8 Å². The van der Waals surface area contributed by atoms with Gasteiger partial charge in [0.1, 0.15) is 10.5 Å². The first-order valence-electron chi connectivity index (χ1n) is 7.86. The lowest BCUT2D eigenvalue weighted by molar-refractivity contribution is 0.631. The fourth-order valence-electron chi connectivity index (χ4n) is 2.89. The van der Waals surface area contributed by atoms with Crippen LogP contribution in [-0.4, -0.2) is 35.2 Å². The van der Waals surface area contributed by atoms with Crippen LogP contribution in [0.15, 0.2) is 35.5 Å². The molecule has 0 aliphatic carbocycles. The first-order valence-corrected chi connectivity index (χ1v) is 8.68. The van der Waals surface area contributed by atoms with Crippen LogP contribution in [0.2, 0.25) is 0 Å². The Kier molecular flexibility index (Phi) is 3.88. The number of aryl methyl sites for hydroxylation is 1. The van der Waals surface area contributed by atoms with E-state index >= 15 is 0 Å². The molecule has 4 aromatic rings. The summed E-state index contributed by atoms with van der Waals surface area (Å²) >= 11 is 1.47. The summed E-state index contributed by atoms with van der Waals surface area (Å²) in [6, 6.07) is 1.81. The van der Waals surface area contributed by atoms with E-state index in [-0.39, 0.29) is 5.56 Å². The molecule has 4 heterocycles. The molecule has 0 radical (unpaired) electrons. The smallest absolute Gasteiger partial charge is 0.291 e. The van der Waals surface area contributed by atoms with Crippen LogP contribution in [-0.2, 0) is 20.0 Å². The standard InChI is InChI=1S/C16H16N8OS/c1-23-13-11(7-20-24(16(13)25)8-10-3-5-19-22-10)14-15(23)21-12(26-14)6-9(18)2-4-17/h2-5,7,18H,6,8,17H2,1H3,(H,19,22)/b4-2-,18-9?. The topological polar surface area (TPSA) is 131 Å². The second-order valence-electron chi connectivity index (χ2n) is 5.82. The van der Waals surface area contributed by atoms with Gasteiger partial charge in [-0.3, -0.25) is 9.89 Å². The molecule has 4 N–H and O–H groups in total. The van der Waals surface area contributed by atoms with Crippen molar-refractivity contribution in [3.05, 3.63) is 51.8 Å². The molecule has 0 saturated heterocycles. The molecule has 0 bridgehead atoms. The lowest BCUT2D eigenvalue weighted by Crippen LogP contribution is -2.24. The van der Waals surface area contributed by atoms with Gasteiger partial charge < -0.3 is 15.7 Å². The molecule has 0 saturated carbocycles. The maximum atomic E-state index is 12.9. The van der Waals surface area contributed by atoms with Gasteiger partial charge in [-0.15, -0.1) is 11.3 Å². The van der Waals surface area contributed by atoms with E-state index in [1.165, 1.54) is 22.2 Å². The number of nitrogens with one attached hydrogen (secondary N) is 2. The van der Waals surface area contributed by atoms with Crippen LogP contribution in [0.4, 0.5) is 0 Å². The van der Waals surface area contributed by atoms with Crippen molar-refractivity contribution in [2.75, 3.05) is 0 Å². The minimum atomic E-state index is -0.182. The van der Waals surface area contributed by atoms with Gasteiger partial charge in [0, 0.05) is 30.8 Å². The van der Waals surface area contributed by atoms with Crippen LogP contribution in [0, 0.1) is 5.41 Å². The number of H-pyrrole nitrogens is 1. The molecule has 0 spiro atoms. The van der Waals surface area contributed by atoms with E-state index < -0.39 is 0 Å². The maximum Gasteiger partial charge on any atom is 0.291 e. The van der Waals surface area contributed by atoms with E-state index in [0.29, 0.717) is 24.2 Å². The van der Waals surface area contributed by atoms with E-state index in [0.717, 1.165) is 26.4 Å². The Bertz CT molecular complexity index is 1190. The molecule has 0 aliphatic rings. The van der Waals surface area contributed by atoms with Crippen molar-refractivity contribution in [2.45, 2.75) is 13.0 Å². The number of hydrogen-bond acceptors (Lipinski definition) is 7. The Morgan fingerprint density at radius 3 is 3.08 bits per heavy atom. The zero-order valence-electron chi connectivity index (χ0n) is 13.9. The van der Waals surface area contributed by atoms with Crippen molar-refractivity contribution >= 4 is 38.3 Å². The van der Waals surface area contributed by atoms with Crippen LogP contribution >= 0.6 is 11.3 Å². The Morgan fingerprint density at radius 1 is 1.50 bits per heavy atom.